The zero-order valence-electron chi connectivity index (χ0n) is 15.6. The molecule has 0 unspecified atom stereocenters. The van der Waals surface area contributed by atoms with E-state index in [1.165, 1.54) is 12.1 Å². The Balaban J connectivity index is 1.70. The fourth-order valence-electron chi connectivity index (χ4n) is 3.37. The number of hydrogen-bond donors (Lipinski definition) is 0. The van der Waals surface area contributed by atoms with Gasteiger partial charge >= 0.3 is 0 Å². The zero-order chi connectivity index (χ0) is 20.7. The molecule has 1 aromatic heterocycles. The van der Waals surface area contributed by atoms with Crippen molar-refractivity contribution in [2.75, 3.05) is 4.90 Å². The van der Waals surface area contributed by atoms with Gasteiger partial charge in [0.1, 0.15) is 5.82 Å². The SMILES string of the molecule is Cc1cc(/C=C2/SC(=O)N(c3cccc(Cl)c3)C2=O)c(C)n1-c1ccc(F)cc1. The maximum Gasteiger partial charge on any atom is 0.298 e. The fraction of sp³-hybridized carbons (Fsp3) is 0.0909. The molecular weight excluding hydrogens is 411 g/mol. The summed E-state index contributed by atoms with van der Waals surface area (Å²) in [4.78, 5) is 26.8. The van der Waals surface area contributed by atoms with Crippen LogP contribution in [0, 0.1) is 19.7 Å². The highest BCUT2D eigenvalue weighted by atomic mass is 35.5. The summed E-state index contributed by atoms with van der Waals surface area (Å²) >= 11 is 6.89. The average molecular weight is 427 g/mol. The molecule has 1 aliphatic rings. The summed E-state index contributed by atoms with van der Waals surface area (Å²) in [5.41, 5.74) is 3.93. The van der Waals surface area contributed by atoms with Crippen molar-refractivity contribution >= 4 is 46.3 Å². The number of anilines is 1. The van der Waals surface area contributed by atoms with E-state index in [0.29, 0.717) is 15.6 Å². The third kappa shape index (κ3) is 3.61. The first-order valence-electron chi connectivity index (χ1n) is 8.83. The molecule has 0 saturated carbocycles. The predicted molar refractivity (Wildman–Crippen MR) is 115 cm³/mol. The van der Waals surface area contributed by atoms with E-state index in [-0.39, 0.29) is 17.0 Å². The van der Waals surface area contributed by atoms with E-state index < -0.39 is 0 Å². The van der Waals surface area contributed by atoms with Gasteiger partial charge in [0.2, 0.25) is 0 Å². The number of thioether (sulfide) groups is 1. The molecule has 2 heterocycles. The average Bonchev–Trinajstić information content (AvgIpc) is 3.11. The van der Waals surface area contributed by atoms with Gasteiger partial charge in [0, 0.05) is 22.1 Å². The van der Waals surface area contributed by atoms with Crippen LogP contribution in [0.1, 0.15) is 17.0 Å². The third-order valence-electron chi connectivity index (χ3n) is 4.70. The maximum absolute atomic E-state index is 13.3. The van der Waals surface area contributed by atoms with Crippen molar-refractivity contribution in [2.24, 2.45) is 0 Å². The van der Waals surface area contributed by atoms with Gasteiger partial charge in [-0.3, -0.25) is 9.59 Å². The molecule has 0 N–H and O–H groups in total. The van der Waals surface area contributed by atoms with Crippen LogP contribution in [0.3, 0.4) is 0 Å². The monoisotopic (exact) mass is 426 g/mol. The Bertz CT molecular complexity index is 1170. The quantitative estimate of drug-likeness (QED) is 0.473. The number of carbonyl (C=O) groups excluding carboxylic acids is 2. The summed E-state index contributed by atoms with van der Waals surface area (Å²) in [5.74, 6) is -0.681. The van der Waals surface area contributed by atoms with Gasteiger partial charge in [-0.2, -0.15) is 0 Å². The van der Waals surface area contributed by atoms with Crippen LogP contribution in [0.2, 0.25) is 5.02 Å². The predicted octanol–water partition coefficient (Wildman–Crippen LogP) is 6.13. The molecule has 2 aromatic carbocycles. The van der Waals surface area contributed by atoms with Crippen molar-refractivity contribution in [1.29, 1.82) is 0 Å². The second-order valence-corrected chi connectivity index (χ2v) is 8.06. The number of hydrogen-bond acceptors (Lipinski definition) is 3. The number of carbonyl (C=O) groups is 2. The van der Waals surface area contributed by atoms with Crippen LogP contribution >= 0.6 is 23.4 Å². The van der Waals surface area contributed by atoms with Gasteiger partial charge in [-0.1, -0.05) is 17.7 Å². The molecule has 4 rings (SSSR count). The van der Waals surface area contributed by atoms with Crippen molar-refractivity contribution in [3.05, 3.63) is 87.3 Å². The second kappa shape index (κ2) is 7.54. The Morgan fingerprint density at radius 1 is 1.00 bits per heavy atom. The molecule has 0 bridgehead atoms. The van der Waals surface area contributed by atoms with Gasteiger partial charge < -0.3 is 4.57 Å². The number of imide groups is 1. The van der Waals surface area contributed by atoms with E-state index in [4.69, 9.17) is 11.6 Å². The number of halogens is 2. The largest absolute Gasteiger partial charge is 0.318 e. The highest BCUT2D eigenvalue weighted by molar-refractivity contribution is 8.19. The minimum absolute atomic E-state index is 0.300. The van der Waals surface area contributed by atoms with E-state index in [1.54, 1.807) is 42.5 Å². The van der Waals surface area contributed by atoms with Crippen LogP contribution in [0.5, 0.6) is 0 Å². The number of aromatic nitrogens is 1. The standard InChI is InChI=1S/C22H16ClFN2O2S/c1-13-10-15(14(2)25(13)18-8-6-17(24)7-9-18)11-20-21(27)26(22(28)29-20)19-5-3-4-16(23)12-19/h3-12H,1-2H3/b20-11+. The Hall–Kier alpha value is -2.83. The summed E-state index contributed by atoms with van der Waals surface area (Å²) in [5, 5.41) is 0.0873. The van der Waals surface area contributed by atoms with Crippen molar-refractivity contribution < 1.29 is 14.0 Å². The van der Waals surface area contributed by atoms with Crippen LogP contribution < -0.4 is 4.90 Å². The number of benzene rings is 2. The molecule has 0 spiro atoms. The van der Waals surface area contributed by atoms with Crippen LogP contribution in [0.4, 0.5) is 14.9 Å². The first kappa shape index (κ1) is 19.5. The molecule has 0 radical (unpaired) electrons. The number of amides is 2. The second-order valence-electron chi connectivity index (χ2n) is 6.64. The lowest BCUT2D eigenvalue weighted by atomic mass is 10.2. The van der Waals surface area contributed by atoms with Crippen molar-refractivity contribution in [2.45, 2.75) is 13.8 Å². The Kier molecular flexibility index (Phi) is 5.06. The normalized spacial score (nSPS) is 15.6. The van der Waals surface area contributed by atoms with E-state index in [0.717, 1.165) is 39.3 Å². The molecule has 3 aromatic rings. The minimum atomic E-state index is -0.381. The lowest BCUT2D eigenvalue weighted by molar-refractivity contribution is -0.113. The minimum Gasteiger partial charge on any atom is -0.318 e. The first-order valence-corrected chi connectivity index (χ1v) is 10.0. The van der Waals surface area contributed by atoms with E-state index in [1.807, 2.05) is 24.5 Å². The van der Waals surface area contributed by atoms with E-state index in [2.05, 4.69) is 0 Å². The molecule has 146 valence electrons. The Morgan fingerprint density at radius 2 is 1.72 bits per heavy atom. The number of aryl methyl sites for hydroxylation is 1. The molecular formula is C22H16ClFN2O2S. The molecule has 1 fully saturated rings. The van der Waals surface area contributed by atoms with Gasteiger partial charge in [0.15, 0.2) is 0 Å². The van der Waals surface area contributed by atoms with Gasteiger partial charge in [-0.05, 0) is 85.8 Å². The smallest absolute Gasteiger partial charge is 0.298 e. The first-order chi connectivity index (χ1) is 13.8. The summed E-state index contributed by atoms with van der Waals surface area (Å²) in [6.07, 6.45) is 1.72. The topological polar surface area (TPSA) is 42.3 Å². The highest BCUT2D eigenvalue weighted by Crippen LogP contribution is 2.37. The molecule has 1 saturated heterocycles. The summed E-state index contributed by atoms with van der Waals surface area (Å²) < 4.78 is 15.2. The Morgan fingerprint density at radius 3 is 2.41 bits per heavy atom. The van der Waals surface area contributed by atoms with Crippen molar-refractivity contribution in [3.8, 4) is 5.69 Å². The number of rotatable bonds is 3. The van der Waals surface area contributed by atoms with Crippen LogP contribution in [-0.2, 0) is 4.79 Å². The molecule has 0 aliphatic carbocycles. The molecule has 0 atom stereocenters. The van der Waals surface area contributed by atoms with E-state index >= 15 is 0 Å². The zero-order valence-corrected chi connectivity index (χ0v) is 17.2. The summed E-state index contributed by atoms with van der Waals surface area (Å²) in [6, 6.07) is 14.8. The van der Waals surface area contributed by atoms with Crippen molar-refractivity contribution in [1.82, 2.24) is 4.57 Å². The molecule has 2 amide bonds. The third-order valence-corrected chi connectivity index (χ3v) is 5.81. The molecule has 1 aliphatic heterocycles. The molecule has 4 nitrogen and oxygen atoms in total. The van der Waals surface area contributed by atoms with Crippen LogP contribution in [-0.4, -0.2) is 15.7 Å². The maximum atomic E-state index is 13.3. The lowest BCUT2D eigenvalue weighted by Gasteiger charge is -2.12. The highest BCUT2D eigenvalue weighted by Gasteiger charge is 2.36. The summed E-state index contributed by atoms with van der Waals surface area (Å²) in [7, 11) is 0. The Labute approximate surface area is 176 Å². The van der Waals surface area contributed by atoms with Gasteiger partial charge in [0.25, 0.3) is 11.1 Å². The summed E-state index contributed by atoms with van der Waals surface area (Å²) in [6.45, 7) is 3.86. The number of nitrogens with zero attached hydrogens (tertiary/aromatic N) is 2. The van der Waals surface area contributed by atoms with Gasteiger partial charge in [-0.25, -0.2) is 9.29 Å². The molecule has 7 heteroatoms. The van der Waals surface area contributed by atoms with Gasteiger partial charge in [0.05, 0.1) is 10.6 Å². The lowest BCUT2D eigenvalue weighted by Crippen LogP contribution is -2.27. The van der Waals surface area contributed by atoms with Gasteiger partial charge in [-0.15, -0.1) is 0 Å². The van der Waals surface area contributed by atoms with Crippen molar-refractivity contribution in [3.63, 3.8) is 0 Å². The van der Waals surface area contributed by atoms with Crippen LogP contribution in [0.25, 0.3) is 11.8 Å². The molecule has 29 heavy (non-hydrogen) atoms. The fourth-order valence-corrected chi connectivity index (χ4v) is 4.38. The van der Waals surface area contributed by atoms with Crippen LogP contribution in [0.15, 0.2) is 59.5 Å². The van der Waals surface area contributed by atoms with E-state index in [9.17, 15) is 14.0 Å².